The van der Waals surface area contributed by atoms with Gasteiger partial charge in [0, 0.05) is 17.9 Å². The number of aliphatic hydroxyl groups excluding tert-OH is 13. The van der Waals surface area contributed by atoms with Crippen LogP contribution in [0.15, 0.2) is 0 Å². The van der Waals surface area contributed by atoms with E-state index < -0.39 is 176 Å². The van der Waals surface area contributed by atoms with Gasteiger partial charge in [-0.25, -0.2) is 0 Å². The molecule has 76 heavy (non-hydrogen) atoms. The van der Waals surface area contributed by atoms with Crippen LogP contribution in [-0.4, -0.2) is 233 Å². The maximum Gasteiger partial charge on any atom is 0.315 e. The van der Waals surface area contributed by atoms with Crippen LogP contribution in [0.4, 0.5) is 0 Å². The van der Waals surface area contributed by atoms with Crippen molar-refractivity contribution in [1.82, 2.24) is 0 Å². The fraction of sp³-hybridized carbons (Fsp3) is 0.981. The quantitative estimate of drug-likeness (QED) is 0.0772. The Morgan fingerprint density at radius 2 is 1.14 bits per heavy atom. The molecule has 1 spiro atoms. The van der Waals surface area contributed by atoms with E-state index >= 15 is 0 Å². The van der Waals surface area contributed by atoms with E-state index in [1.807, 2.05) is 0 Å². The summed E-state index contributed by atoms with van der Waals surface area (Å²) in [4.78, 5) is 14.2. The van der Waals surface area contributed by atoms with Gasteiger partial charge in [0.1, 0.15) is 96.5 Å². The number of hydrogen-bond acceptors (Lipinski definition) is 23. The molecule has 436 valence electrons. The predicted molar refractivity (Wildman–Crippen MR) is 256 cm³/mol. The van der Waals surface area contributed by atoms with Crippen LogP contribution in [0.3, 0.4) is 0 Å². The largest absolute Gasteiger partial charge is 0.458 e. The van der Waals surface area contributed by atoms with Crippen LogP contribution in [-0.2, 0) is 47.4 Å². The summed E-state index contributed by atoms with van der Waals surface area (Å²) in [6, 6.07) is 0. The minimum absolute atomic E-state index is 0.00855. The van der Waals surface area contributed by atoms with Crippen LogP contribution in [0.5, 0.6) is 0 Å². The summed E-state index contributed by atoms with van der Waals surface area (Å²) in [6.45, 7) is 12.7. The predicted octanol–water partition coefficient (Wildman–Crippen LogP) is -2.18. The minimum Gasteiger partial charge on any atom is -0.458 e. The summed E-state index contributed by atoms with van der Waals surface area (Å²) < 4.78 is 55.8. The molecule has 2 bridgehead atoms. The monoisotopic (exact) mass is 1090 g/mol. The van der Waals surface area contributed by atoms with Crippen molar-refractivity contribution in [2.75, 3.05) is 26.4 Å². The Hall–Kier alpha value is -1.37. The van der Waals surface area contributed by atoms with Gasteiger partial charge in [0.25, 0.3) is 0 Å². The summed E-state index contributed by atoms with van der Waals surface area (Å²) in [5.74, 6) is -0.306. The number of carbonyl (C=O) groups excluding carboxylic acids is 1. The molecule has 10 rings (SSSR count). The number of ether oxygens (including phenoxy) is 9. The lowest BCUT2D eigenvalue weighted by atomic mass is 9.30. The lowest BCUT2D eigenvalue weighted by Gasteiger charge is -2.74. The molecular formula is C53H86O23. The van der Waals surface area contributed by atoms with Gasteiger partial charge in [-0.05, 0) is 105 Å². The van der Waals surface area contributed by atoms with Crippen LogP contribution in [0.1, 0.15) is 113 Å². The number of hydrogen-bond donors (Lipinski definition) is 13. The Kier molecular flexibility index (Phi) is 15.4. The lowest BCUT2D eigenvalue weighted by Crippen LogP contribution is -2.74. The van der Waals surface area contributed by atoms with Gasteiger partial charge in [0.15, 0.2) is 25.2 Å². The topological polar surface area (TPSA) is 363 Å². The molecule has 5 aliphatic carbocycles. The molecule has 5 heterocycles. The number of rotatable bonds is 11. The Morgan fingerprint density at radius 1 is 0.553 bits per heavy atom. The molecule has 23 nitrogen and oxygen atoms in total. The second-order valence-electron chi connectivity index (χ2n) is 26.3. The van der Waals surface area contributed by atoms with Gasteiger partial charge < -0.3 is 109 Å². The van der Waals surface area contributed by atoms with E-state index in [1.165, 1.54) is 6.92 Å². The molecule has 10 fully saturated rings. The lowest BCUT2D eigenvalue weighted by molar-refractivity contribution is -0.394. The van der Waals surface area contributed by atoms with Gasteiger partial charge in [0.2, 0.25) is 0 Å². The Bertz CT molecular complexity index is 2100. The van der Waals surface area contributed by atoms with E-state index in [2.05, 4.69) is 41.5 Å². The highest BCUT2D eigenvalue weighted by molar-refractivity contribution is 5.82. The molecule has 5 aliphatic heterocycles. The van der Waals surface area contributed by atoms with E-state index in [-0.39, 0.29) is 41.2 Å². The van der Waals surface area contributed by atoms with Crippen LogP contribution >= 0.6 is 0 Å². The van der Waals surface area contributed by atoms with Gasteiger partial charge in [-0.1, -0.05) is 41.5 Å². The zero-order valence-electron chi connectivity index (χ0n) is 44.7. The maximum absolute atomic E-state index is 14.2. The van der Waals surface area contributed by atoms with Crippen molar-refractivity contribution in [1.29, 1.82) is 0 Å². The smallest absolute Gasteiger partial charge is 0.315 e. The first kappa shape index (κ1) is 57.8. The highest BCUT2D eigenvalue weighted by Gasteiger charge is 2.83. The molecule has 5 saturated carbocycles. The molecule has 5 saturated heterocycles. The third kappa shape index (κ3) is 8.40. The normalized spacial score (nSPS) is 57.9. The van der Waals surface area contributed by atoms with Gasteiger partial charge in [-0.15, -0.1) is 0 Å². The number of aliphatic hydroxyl groups is 13. The first-order chi connectivity index (χ1) is 35.6. The maximum atomic E-state index is 14.2. The van der Waals surface area contributed by atoms with Gasteiger partial charge in [-0.3, -0.25) is 4.79 Å². The van der Waals surface area contributed by atoms with E-state index in [0.29, 0.717) is 44.9 Å². The first-order valence-corrected chi connectivity index (χ1v) is 27.7. The molecule has 0 unspecified atom stereocenters. The molecule has 0 aromatic carbocycles. The minimum atomic E-state index is -1.90. The van der Waals surface area contributed by atoms with Crippen molar-refractivity contribution in [2.24, 2.45) is 50.2 Å². The van der Waals surface area contributed by atoms with Crippen molar-refractivity contribution in [3.63, 3.8) is 0 Å². The summed E-state index contributed by atoms with van der Waals surface area (Å²) in [5.41, 5.74) is -3.94. The van der Waals surface area contributed by atoms with Gasteiger partial charge >= 0.3 is 5.97 Å². The fourth-order valence-corrected chi connectivity index (χ4v) is 17.6. The second-order valence-corrected chi connectivity index (χ2v) is 26.3. The van der Waals surface area contributed by atoms with E-state index in [1.54, 1.807) is 0 Å². The molecule has 13 N–H and O–H groups in total. The highest BCUT2D eigenvalue weighted by atomic mass is 16.8. The fourth-order valence-electron chi connectivity index (χ4n) is 17.6. The molecule has 23 heteroatoms. The summed E-state index contributed by atoms with van der Waals surface area (Å²) in [7, 11) is 0. The zero-order chi connectivity index (χ0) is 55.2. The number of carbonyl (C=O) groups is 1. The highest BCUT2D eigenvalue weighted by Crippen LogP contribution is 2.81. The standard InChI is InChI=1S/C53H86O23/c1-22-31(58)35(62)38(65)42(69-22)75-41-37(64)33(60)24(19-55)71-45(41)72-25-20-68-44(40(34(25)61)74-43-39(66)36(63)32(59)23(18-54)70-43)73-30-10-11-49(5)26(47(30,2)3)8-12-50(6)27(49)9-13-53-28-16-48(4,21-56)14-15-52(28,46(67)76-53)29(57)17-51(50,53)7/h22-45,54-66H,8-21H2,1-7H3/t22-,23+,24+,25-,26-,27+,28+,29+,30-,31-,32+,33+,34-,35+,36-,37-,38+,39+,40+,41+,42-,43-,44-,45-,48-,49+,50+,51-,52+,53-/m0/s1. The Labute approximate surface area is 442 Å². The van der Waals surface area contributed by atoms with Crippen LogP contribution < -0.4 is 0 Å². The average molecular weight is 1090 g/mol. The third-order valence-corrected chi connectivity index (χ3v) is 22.3. The summed E-state index contributed by atoms with van der Waals surface area (Å²) in [6.07, 6.45) is -26.4. The van der Waals surface area contributed by atoms with Crippen molar-refractivity contribution < 1.29 is 114 Å². The van der Waals surface area contributed by atoms with Gasteiger partial charge in [-0.2, -0.15) is 0 Å². The van der Waals surface area contributed by atoms with E-state index in [4.69, 9.17) is 42.6 Å². The van der Waals surface area contributed by atoms with Crippen LogP contribution in [0, 0.1) is 50.2 Å². The number of esters is 1. The Morgan fingerprint density at radius 3 is 1.79 bits per heavy atom. The molecule has 10 aliphatic rings. The van der Waals surface area contributed by atoms with Crippen LogP contribution in [0.25, 0.3) is 0 Å². The molecule has 0 aromatic heterocycles. The summed E-state index contributed by atoms with van der Waals surface area (Å²) >= 11 is 0. The van der Waals surface area contributed by atoms with Crippen molar-refractivity contribution >= 4 is 5.97 Å². The molecule has 0 amide bonds. The van der Waals surface area contributed by atoms with E-state index in [0.717, 1.165) is 19.3 Å². The Balaban J connectivity index is 0.906. The molecule has 0 radical (unpaired) electrons. The third-order valence-electron chi connectivity index (χ3n) is 22.3. The molecular weight excluding hydrogens is 1000 g/mol. The molecule has 0 aromatic rings. The van der Waals surface area contributed by atoms with Crippen LogP contribution in [0.2, 0.25) is 0 Å². The van der Waals surface area contributed by atoms with Gasteiger partial charge in [0.05, 0.1) is 38.1 Å². The van der Waals surface area contributed by atoms with Crippen molar-refractivity contribution in [3.8, 4) is 0 Å². The van der Waals surface area contributed by atoms with Crippen molar-refractivity contribution in [3.05, 3.63) is 0 Å². The summed E-state index contributed by atoms with van der Waals surface area (Å²) in [5, 5.41) is 142. The molecule has 30 atom stereocenters. The zero-order valence-corrected chi connectivity index (χ0v) is 44.7. The van der Waals surface area contributed by atoms with Crippen molar-refractivity contribution in [2.45, 2.75) is 247 Å². The number of fused-ring (bicyclic) bond motifs is 4. The second kappa shape index (κ2) is 20.2. The average Bonchev–Trinajstić information content (AvgIpc) is 3.85. The SMILES string of the molecule is C[C@@H]1O[C@@H](O[C@H]2[C@H](O[C@H]3CO[C@@H](O[C@H]4CC[C@@]5(C)[C@H]6CC[C@]78OC(=O)[C@@]9(CC[C@](C)(CO)C[C@H]97)[C@H](O)C[C@@]8(C)[C@]6(C)CC[C@H]5C4(C)C)[C@H](O[C@@H]4O[C@H](CO)[C@@H](O)[C@H](O)[C@H]4O)[C@H]3O)O[C@H](CO)[C@@H](O)[C@@H]2O)[C@H](O)[C@H](O)[C@H]1O. The van der Waals surface area contributed by atoms with E-state index in [9.17, 15) is 71.2 Å². The first-order valence-electron chi connectivity index (χ1n) is 27.7.